The van der Waals surface area contributed by atoms with E-state index in [1.54, 1.807) is 16.7 Å². The van der Waals surface area contributed by atoms with Crippen molar-refractivity contribution in [1.29, 1.82) is 0 Å². The first-order chi connectivity index (χ1) is 13.4. The van der Waals surface area contributed by atoms with Crippen LogP contribution in [0.4, 0.5) is 0 Å². The molecule has 0 aliphatic heterocycles. The van der Waals surface area contributed by atoms with E-state index in [9.17, 15) is 0 Å². The van der Waals surface area contributed by atoms with Gasteiger partial charge in [-0.25, -0.2) is 0 Å². The van der Waals surface area contributed by atoms with Crippen molar-refractivity contribution in [1.82, 2.24) is 0 Å². The summed E-state index contributed by atoms with van der Waals surface area (Å²) in [6.45, 7) is 13.9. The molecule has 2 rings (SSSR count). The Hall–Kier alpha value is -1.25. The second-order valence-corrected chi connectivity index (χ2v) is 9.09. The van der Waals surface area contributed by atoms with Gasteiger partial charge < -0.3 is 0 Å². The van der Waals surface area contributed by atoms with Crippen molar-refractivity contribution >= 4 is 16.5 Å². The number of hydrogen-bond acceptors (Lipinski definition) is 0. The van der Waals surface area contributed by atoms with Crippen LogP contribution < -0.4 is 0 Å². The Bertz CT molecular complexity index is 760. The lowest BCUT2D eigenvalue weighted by Gasteiger charge is -2.27. The van der Waals surface area contributed by atoms with Gasteiger partial charge >= 0.3 is 0 Å². The lowest BCUT2D eigenvalue weighted by atomic mass is 9.65. The molecule has 0 heterocycles. The third-order valence-electron chi connectivity index (χ3n) is 5.99. The zero-order valence-electron chi connectivity index (χ0n) is 18.9. The molecule has 0 saturated heterocycles. The van der Waals surface area contributed by atoms with Crippen LogP contribution in [0.25, 0.3) is 0 Å². The molecule has 0 spiro atoms. The highest BCUT2D eigenvalue weighted by molar-refractivity contribution is 7.23. The third-order valence-corrected chi connectivity index (χ3v) is 6.16. The van der Waals surface area contributed by atoms with Crippen molar-refractivity contribution in [3.63, 3.8) is 0 Å². The summed E-state index contributed by atoms with van der Waals surface area (Å²) in [4.78, 5) is 0. The Morgan fingerprint density at radius 1 is 1.07 bits per heavy atom. The maximum Gasteiger partial charge on any atom is 0.125 e. The van der Waals surface area contributed by atoms with E-state index in [0.29, 0.717) is 17.8 Å². The molecule has 0 N–H and O–H groups in total. The summed E-state index contributed by atoms with van der Waals surface area (Å²) in [5.74, 6) is 4.84. The molecule has 0 bridgehead atoms. The number of allylic oxidation sites excluding steroid dienone is 4. The highest BCUT2D eigenvalue weighted by Crippen LogP contribution is 2.37. The standard InChI is InChI=1S/C26H38BP/c1-7-27-17-22-11-8-10-21(26(22)20(6)14-15-28)16-25-23(18(2)3)12-9-13-24(25)19(4)5/h9-10,12-13,18-20,27H,7-8,11,16-17,28H2,1-6H3. The largest absolute Gasteiger partial charge is 0.125 e. The molecule has 1 aliphatic rings. The summed E-state index contributed by atoms with van der Waals surface area (Å²) >= 11 is 0. The van der Waals surface area contributed by atoms with Crippen LogP contribution in [-0.4, -0.2) is 7.28 Å². The molecule has 2 heteroatoms. The van der Waals surface area contributed by atoms with Crippen molar-refractivity contribution in [3.8, 4) is 11.6 Å². The van der Waals surface area contributed by atoms with Crippen LogP contribution in [-0.2, 0) is 6.42 Å². The quantitative estimate of drug-likeness (QED) is 0.248. The van der Waals surface area contributed by atoms with Crippen LogP contribution in [0.2, 0.25) is 12.6 Å². The molecule has 2 unspecified atom stereocenters. The molecular weight excluding hydrogens is 354 g/mol. The van der Waals surface area contributed by atoms with Crippen LogP contribution in [0.3, 0.4) is 0 Å². The van der Waals surface area contributed by atoms with Gasteiger partial charge in [0.15, 0.2) is 0 Å². The van der Waals surface area contributed by atoms with Gasteiger partial charge in [-0.1, -0.05) is 97.9 Å². The minimum Gasteiger partial charge on any atom is -0.0913 e. The summed E-state index contributed by atoms with van der Waals surface area (Å²) in [7, 11) is 3.86. The summed E-state index contributed by atoms with van der Waals surface area (Å²) in [6.07, 6.45) is 8.44. The van der Waals surface area contributed by atoms with Crippen molar-refractivity contribution in [2.45, 2.75) is 85.3 Å². The molecule has 28 heavy (non-hydrogen) atoms. The van der Waals surface area contributed by atoms with E-state index in [0.717, 1.165) is 6.42 Å². The minimum atomic E-state index is 0.310. The van der Waals surface area contributed by atoms with Gasteiger partial charge in [-0.15, -0.1) is 0 Å². The SMILES string of the molecule is CCBCC1=C(C(C)C#CP)C(Cc2c(C(C)C)cccc2C(C)C)=CCC1. The third kappa shape index (κ3) is 5.64. The summed E-state index contributed by atoms with van der Waals surface area (Å²) in [6, 6.07) is 6.92. The summed E-state index contributed by atoms with van der Waals surface area (Å²) in [5.41, 5.74) is 12.4. The fourth-order valence-corrected chi connectivity index (χ4v) is 4.84. The van der Waals surface area contributed by atoms with E-state index >= 15 is 0 Å². The van der Waals surface area contributed by atoms with Crippen LogP contribution in [0, 0.1) is 17.5 Å². The van der Waals surface area contributed by atoms with Crippen molar-refractivity contribution in [2.75, 3.05) is 0 Å². The molecule has 0 fully saturated rings. The average molecular weight is 392 g/mol. The molecule has 0 aromatic heterocycles. The maximum absolute atomic E-state index is 3.43. The van der Waals surface area contributed by atoms with Gasteiger partial charge in [-0.3, -0.25) is 0 Å². The Morgan fingerprint density at radius 3 is 2.25 bits per heavy atom. The second kappa shape index (κ2) is 11.1. The van der Waals surface area contributed by atoms with E-state index in [1.165, 1.54) is 49.5 Å². The lowest BCUT2D eigenvalue weighted by Crippen LogP contribution is -2.13. The first kappa shape index (κ1) is 23.0. The van der Waals surface area contributed by atoms with Crippen LogP contribution in [0.1, 0.15) is 82.9 Å². The lowest BCUT2D eigenvalue weighted by molar-refractivity contribution is 0.776. The predicted molar refractivity (Wildman–Crippen MR) is 132 cm³/mol. The second-order valence-electron chi connectivity index (χ2n) is 8.80. The molecule has 1 aromatic carbocycles. The van der Waals surface area contributed by atoms with Crippen LogP contribution in [0.5, 0.6) is 0 Å². The van der Waals surface area contributed by atoms with Gasteiger partial charge in [-0.2, -0.15) is 0 Å². The monoisotopic (exact) mass is 392 g/mol. The van der Waals surface area contributed by atoms with E-state index in [2.05, 4.69) is 86.6 Å². The average Bonchev–Trinajstić information content (AvgIpc) is 2.66. The van der Waals surface area contributed by atoms with Gasteiger partial charge in [0.2, 0.25) is 0 Å². The number of hydrogen-bond donors (Lipinski definition) is 0. The van der Waals surface area contributed by atoms with Crippen molar-refractivity contribution in [3.05, 3.63) is 57.7 Å². The molecule has 1 aromatic rings. The number of benzene rings is 1. The molecular formula is C26H38BP. The van der Waals surface area contributed by atoms with Crippen molar-refractivity contribution < 1.29 is 0 Å². The molecule has 0 radical (unpaired) electrons. The fourth-order valence-electron chi connectivity index (χ4n) is 4.59. The minimum absolute atomic E-state index is 0.310. The molecule has 2 atom stereocenters. The predicted octanol–water partition coefficient (Wildman–Crippen LogP) is 7.26. The van der Waals surface area contributed by atoms with E-state index in [1.807, 2.05) is 0 Å². The first-order valence-corrected chi connectivity index (χ1v) is 11.7. The smallest absolute Gasteiger partial charge is 0.0913 e. The zero-order valence-corrected chi connectivity index (χ0v) is 20.0. The summed E-state index contributed by atoms with van der Waals surface area (Å²) in [5, 5.41) is 0. The maximum atomic E-state index is 3.43. The Balaban J connectivity index is 2.52. The van der Waals surface area contributed by atoms with Gasteiger partial charge in [0.05, 0.1) is 0 Å². The fraction of sp³-hybridized carbons (Fsp3) is 0.538. The van der Waals surface area contributed by atoms with E-state index in [4.69, 9.17) is 0 Å². The normalized spacial score (nSPS) is 15.4. The van der Waals surface area contributed by atoms with Crippen LogP contribution >= 0.6 is 9.24 Å². The Morgan fingerprint density at radius 2 is 1.71 bits per heavy atom. The first-order valence-electron chi connectivity index (χ1n) is 11.1. The zero-order chi connectivity index (χ0) is 20.7. The van der Waals surface area contributed by atoms with Crippen LogP contribution in [0.15, 0.2) is 41.0 Å². The van der Waals surface area contributed by atoms with E-state index in [-0.39, 0.29) is 0 Å². The number of rotatable bonds is 8. The molecule has 0 nitrogen and oxygen atoms in total. The van der Waals surface area contributed by atoms with Gasteiger partial charge in [0.25, 0.3) is 0 Å². The molecule has 150 valence electrons. The topological polar surface area (TPSA) is 0 Å². The highest BCUT2D eigenvalue weighted by atomic mass is 31.0. The van der Waals surface area contributed by atoms with Gasteiger partial charge in [0, 0.05) is 5.92 Å². The molecule has 0 amide bonds. The molecule has 0 saturated carbocycles. The Kier molecular flexibility index (Phi) is 9.11. The Labute approximate surface area is 177 Å². The highest BCUT2D eigenvalue weighted by Gasteiger charge is 2.23. The van der Waals surface area contributed by atoms with E-state index < -0.39 is 0 Å². The van der Waals surface area contributed by atoms with Crippen molar-refractivity contribution in [2.24, 2.45) is 5.92 Å². The summed E-state index contributed by atoms with van der Waals surface area (Å²) < 4.78 is 0. The molecule has 1 aliphatic carbocycles. The van der Waals surface area contributed by atoms with Gasteiger partial charge in [0.1, 0.15) is 7.28 Å². The van der Waals surface area contributed by atoms with Gasteiger partial charge in [-0.05, 0) is 65.9 Å².